The summed E-state index contributed by atoms with van der Waals surface area (Å²) in [5.74, 6) is -1.84. The lowest BCUT2D eigenvalue weighted by Gasteiger charge is -2.17. The van der Waals surface area contributed by atoms with Gasteiger partial charge in [-0.15, -0.1) is 0 Å². The summed E-state index contributed by atoms with van der Waals surface area (Å²) in [6.45, 7) is 1.39. The van der Waals surface area contributed by atoms with E-state index in [1.807, 2.05) is 0 Å². The molecule has 8 heteroatoms. The molecule has 0 fully saturated rings. The molecule has 0 saturated carbocycles. The molecule has 106 valence electrons. The van der Waals surface area contributed by atoms with E-state index in [1.165, 1.54) is 6.92 Å². The van der Waals surface area contributed by atoms with Gasteiger partial charge in [-0.1, -0.05) is 0 Å². The fourth-order valence-electron chi connectivity index (χ4n) is 1.40. The molecule has 4 nitrogen and oxygen atoms in total. The molecule has 0 aliphatic carbocycles. The molecular formula is C11H10BrF3O4. The molecule has 0 spiro atoms. The SMILES string of the molecule is CCOC(=O)C(O)c1cc(Br)c(O)cc1C(F)(F)F. The minimum absolute atomic E-state index is 0.0705. The molecule has 0 amide bonds. The van der Waals surface area contributed by atoms with E-state index in [4.69, 9.17) is 0 Å². The van der Waals surface area contributed by atoms with Crippen molar-refractivity contribution >= 4 is 21.9 Å². The summed E-state index contributed by atoms with van der Waals surface area (Å²) < 4.78 is 42.7. The van der Waals surface area contributed by atoms with Crippen molar-refractivity contribution in [2.75, 3.05) is 6.61 Å². The summed E-state index contributed by atoms with van der Waals surface area (Å²) in [6.07, 6.45) is -6.89. The van der Waals surface area contributed by atoms with Crippen LogP contribution in [0.15, 0.2) is 16.6 Å². The van der Waals surface area contributed by atoms with Crippen LogP contribution in [0.25, 0.3) is 0 Å². The summed E-state index contributed by atoms with van der Waals surface area (Å²) in [7, 11) is 0. The van der Waals surface area contributed by atoms with Crippen LogP contribution in [0.3, 0.4) is 0 Å². The predicted octanol–water partition coefficient (Wildman–Crippen LogP) is 2.77. The largest absolute Gasteiger partial charge is 0.507 e. The van der Waals surface area contributed by atoms with E-state index in [9.17, 15) is 28.2 Å². The molecule has 0 aliphatic heterocycles. The van der Waals surface area contributed by atoms with Crippen LogP contribution in [0.4, 0.5) is 13.2 Å². The third-order valence-corrected chi connectivity index (χ3v) is 2.86. The number of aliphatic hydroxyl groups excluding tert-OH is 1. The minimum atomic E-state index is -4.82. The van der Waals surface area contributed by atoms with E-state index in [0.717, 1.165) is 6.07 Å². The van der Waals surface area contributed by atoms with Crippen LogP contribution in [0.2, 0.25) is 0 Å². The normalized spacial score (nSPS) is 13.2. The average Bonchev–Trinajstić information content (AvgIpc) is 2.30. The molecule has 19 heavy (non-hydrogen) atoms. The molecule has 0 heterocycles. The third kappa shape index (κ3) is 3.60. The Morgan fingerprint density at radius 2 is 2.05 bits per heavy atom. The van der Waals surface area contributed by atoms with Gasteiger partial charge in [0.15, 0.2) is 6.10 Å². The van der Waals surface area contributed by atoms with Gasteiger partial charge in [0.25, 0.3) is 0 Å². The number of carbonyl (C=O) groups excluding carboxylic acids is 1. The van der Waals surface area contributed by atoms with Crippen LogP contribution < -0.4 is 0 Å². The number of benzene rings is 1. The van der Waals surface area contributed by atoms with E-state index < -0.39 is 35.1 Å². The van der Waals surface area contributed by atoms with Crippen molar-refractivity contribution < 1.29 is 32.9 Å². The summed E-state index contributed by atoms with van der Waals surface area (Å²) in [4.78, 5) is 11.3. The standard InChI is InChI=1S/C11H10BrF3O4/c1-2-19-10(18)9(17)5-3-7(12)8(16)4-6(5)11(13,14)15/h3-4,9,16-17H,2H2,1H3. The van der Waals surface area contributed by atoms with Crippen molar-refractivity contribution in [1.29, 1.82) is 0 Å². The maximum Gasteiger partial charge on any atom is 0.416 e. The highest BCUT2D eigenvalue weighted by atomic mass is 79.9. The number of phenols is 1. The zero-order chi connectivity index (χ0) is 14.8. The number of aromatic hydroxyl groups is 1. The molecule has 0 radical (unpaired) electrons. The Kier molecular flexibility index (Phi) is 4.81. The van der Waals surface area contributed by atoms with Gasteiger partial charge in [-0.3, -0.25) is 0 Å². The molecular weight excluding hydrogens is 333 g/mol. The number of phenolic OH excluding ortho intramolecular Hbond substituents is 1. The van der Waals surface area contributed by atoms with Crippen molar-refractivity contribution in [1.82, 2.24) is 0 Å². The molecule has 0 aromatic heterocycles. The van der Waals surface area contributed by atoms with Gasteiger partial charge < -0.3 is 14.9 Å². The van der Waals surface area contributed by atoms with Gasteiger partial charge in [-0.25, -0.2) is 4.79 Å². The number of aliphatic hydroxyl groups is 1. The van der Waals surface area contributed by atoms with Crippen LogP contribution in [0.1, 0.15) is 24.2 Å². The number of rotatable bonds is 3. The summed E-state index contributed by atoms with van der Waals surface area (Å²) in [6, 6.07) is 1.27. The fraction of sp³-hybridized carbons (Fsp3) is 0.364. The lowest BCUT2D eigenvalue weighted by atomic mass is 10.0. The van der Waals surface area contributed by atoms with Crippen molar-refractivity contribution in [2.45, 2.75) is 19.2 Å². The maximum absolute atomic E-state index is 12.8. The average molecular weight is 343 g/mol. The Balaban J connectivity index is 3.33. The molecule has 1 atom stereocenters. The Labute approximate surface area is 114 Å². The lowest BCUT2D eigenvalue weighted by Crippen LogP contribution is -2.20. The molecule has 0 saturated heterocycles. The van der Waals surface area contributed by atoms with Gasteiger partial charge in [0.2, 0.25) is 0 Å². The maximum atomic E-state index is 12.8. The second-order valence-corrected chi connectivity index (χ2v) is 4.40. The van der Waals surface area contributed by atoms with Gasteiger partial charge in [-0.05, 0) is 35.0 Å². The highest BCUT2D eigenvalue weighted by Gasteiger charge is 2.38. The van der Waals surface area contributed by atoms with Gasteiger partial charge in [0.05, 0.1) is 16.6 Å². The van der Waals surface area contributed by atoms with E-state index in [2.05, 4.69) is 20.7 Å². The van der Waals surface area contributed by atoms with E-state index in [0.29, 0.717) is 6.07 Å². The van der Waals surface area contributed by atoms with Crippen LogP contribution in [-0.2, 0) is 15.7 Å². The highest BCUT2D eigenvalue weighted by Crippen LogP contribution is 2.40. The van der Waals surface area contributed by atoms with Crippen LogP contribution >= 0.6 is 15.9 Å². The number of alkyl halides is 3. The molecule has 1 unspecified atom stereocenters. The van der Waals surface area contributed by atoms with Gasteiger partial charge >= 0.3 is 12.1 Å². The Bertz CT molecular complexity index is 488. The summed E-state index contributed by atoms with van der Waals surface area (Å²) >= 11 is 2.82. The smallest absolute Gasteiger partial charge is 0.416 e. The number of hydrogen-bond donors (Lipinski definition) is 2. The van der Waals surface area contributed by atoms with Crippen LogP contribution in [0, 0.1) is 0 Å². The zero-order valence-electron chi connectivity index (χ0n) is 9.66. The number of halogens is 4. The van der Waals surface area contributed by atoms with E-state index in [1.54, 1.807) is 0 Å². The number of ether oxygens (including phenoxy) is 1. The Hall–Kier alpha value is -1.28. The number of carbonyl (C=O) groups is 1. The second kappa shape index (κ2) is 5.79. The molecule has 1 aromatic carbocycles. The monoisotopic (exact) mass is 342 g/mol. The van der Waals surface area contributed by atoms with Gasteiger partial charge in [-0.2, -0.15) is 13.2 Å². The van der Waals surface area contributed by atoms with Crippen LogP contribution in [-0.4, -0.2) is 22.8 Å². The molecule has 0 aliphatic rings. The minimum Gasteiger partial charge on any atom is -0.507 e. The van der Waals surface area contributed by atoms with Crippen molar-refractivity contribution in [2.24, 2.45) is 0 Å². The Morgan fingerprint density at radius 1 is 1.47 bits per heavy atom. The van der Waals surface area contributed by atoms with Crippen LogP contribution in [0.5, 0.6) is 5.75 Å². The zero-order valence-corrected chi connectivity index (χ0v) is 11.2. The molecule has 0 bridgehead atoms. The first-order valence-corrected chi connectivity index (χ1v) is 5.92. The summed E-state index contributed by atoms with van der Waals surface area (Å²) in [5.41, 5.74) is -1.98. The quantitative estimate of drug-likeness (QED) is 0.829. The van der Waals surface area contributed by atoms with Crippen molar-refractivity contribution in [3.63, 3.8) is 0 Å². The second-order valence-electron chi connectivity index (χ2n) is 3.54. The molecule has 1 rings (SSSR count). The lowest BCUT2D eigenvalue weighted by molar-refractivity contribution is -0.155. The van der Waals surface area contributed by atoms with Gasteiger partial charge in [0.1, 0.15) is 5.75 Å². The van der Waals surface area contributed by atoms with E-state index in [-0.39, 0.29) is 11.1 Å². The topological polar surface area (TPSA) is 66.8 Å². The van der Waals surface area contributed by atoms with E-state index >= 15 is 0 Å². The Morgan fingerprint density at radius 3 is 2.53 bits per heavy atom. The highest BCUT2D eigenvalue weighted by molar-refractivity contribution is 9.10. The van der Waals surface area contributed by atoms with Crippen molar-refractivity contribution in [3.8, 4) is 5.75 Å². The fourth-order valence-corrected chi connectivity index (χ4v) is 1.76. The number of esters is 1. The van der Waals surface area contributed by atoms with Crippen molar-refractivity contribution in [3.05, 3.63) is 27.7 Å². The first-order chi connectivity index (χ1) is 8.68. The molecule has 2 N–H and O–H groups in total. The first-order valence-electron chi connectivity index (χ1n) is 5.12. The van der Waals surface area contributed by atoms with Gasteiger partial charge in [0, 0.05) is 5.56 Å². The summed E-state index contributed by atoms with van der Waals surface area (Å²) in [5, 5.41) is 18.9. The third-order valence-electron chi connectivity index (χ3n) is 2.23. The number of hydrogen-bond acceptors (Lipinski definition) is 4. The molecule has 1 aromatic rings. The predicted molar refractivity (Wildman–Crippen MR) is 62.4 cm³/mol. The first kappa shape index (κ1) is 15.8.